The third kappa shape index (κ3) is 5.02. The third-order valence-electron chi connectivity index (χ3n) is 8.72. The first-order valence-corrected chi connectivity index (χ1v) is 18.6. The zero-order chi connectivity index (χ0) is 31.8. The number of nitrogen functional groups attached to an aromatic ring is 1. The van der Waals surface area contributed by atoms with Crippen LogP contribution in [-0.2, 0) is 32.0 Å². The van der Waals surface area contributed by atoms with E-state index < -0.39 is 32.8 Å². The van der Waals surface area contributed by atoms with Gasteiger partial charge in [0.2, 0.25) is 5.78 Å². The molecule has 3 N–H and O–H groups in total. The van der Waals surface area contributed by atoms with Crippen molar-refractivity contribution in [1.82, 2.24) is 43.4 Å². The highest BCUT2D eigenvalue weighted by atomic mass is 32.7. The molecule has 3 fully saturated rings. The fourth-order valence-electron chi connectivity index (χ4n) is 6.34. The lowest BCUT2D eigenvalue weighted by Crippen LogP contribution is -2.43. The maximum absolute atomic E-state index is 13.7. The number of rotatable bonds is 3. The summed E-state index contributed by atoms with van der Waals surface area (Å²) in [6.45, 7) is -0.409. The summed E-state index contributed by atoms with van der Waals surface area (Å²) in [7, 11) is -3.78. The van der Waals surface area contributed by atoms with Gasteiger partial charge in [0.05, 0.1) is 38.6 Å². The van der Waals surface area contributed by atoms with Crippen molar-refractivity contribution in [1.29, 1.82) is 0 Å². The van der Waals surface area contributed by atoms with Gasteiger partial charge in [-0.05, 0) is 12.3 Å². The number of H-pyrrole nitrogens is 1. The topological polar surface area (TPSA) is 218 Å². The molecule has 0 spiro atoms. The fourth-order valence-corrected chi connectivity index (χ4v) is 8.91. The van der Waals surface area contributed by atoms with E-state index in [9.17, 15) is 13.9 Å². The molecule has 8 rings (SSSR count). The van der Waals surface area contributed by atoms with Crippen molar-refractivity contribution in [3.63, 3.8) is 0 Å². The molecule has 0 amide bonds. The van der Waals surface area contributed by atoms with Gasteiger partial charge < -0.3 is 33.6 Å². The summed E-state index contributed by atoms with van der Waals surface area (Å²) in [5.74, 6) is 1.26. The third-order valence-corrected chi connectivity index (χ3v) is 11.8. The molecular formula is C25H28N10O8P2S. The van der Waals surface area contributed by atoms with Crippen molar-refractivity contribution >= 4 is 60.6 Å². The Morgan fingerprint density at radius 3 is 2.67 bits per heavy atom. The van der Waals surface area contributed by atoms with Crippen LogP contribution in [0.15, 0.2) is 48.6 Å². The summed E-state index contributed by atoms with van der Waals surface area (Å²) in [4.78, 5) is 37.2. The van der Waals surface area contributed by atoms with Crippen molar-refractivity contribution in [3.8, 4) is 0 Å². The van der Waals surface area contributed by atoms with Crippen LogP contribution in [0.1, 0.15) is 25.1 Å². The lowest BCUT2D eigenvalue weighted by Gasteiger charge is -2.45. The van der Waals surface area contributed by atoms with E-state index >= 15 is 0 Å². The molecule has 2 bridgehead atoms. The zero-order valence-electron chi connectivity index (χ0n) is 23.9. The molecule has 18 nitrogen and oxygen atoms in total. The van der Waals surface area contributed by atoms with Crippen LogP contribution < -0.4 is 11.3 Å². The predicted octanol–water partition coefficient (Wildman–Crippen LogP) is 3.08. The second kappa shape index (κ2) is 11.1. The van der Waals surface area contributed by atoms with Gasteiger partial charge in [-0.15, -0.1) is 0 Å². The lowest BCUT2D eigenvalue weighted by molar-refractivity contribution is -0.0429. The average Bonchev–Trinajstić information content (AvgIpc) is 3.82. The largest absolute Gasteiger partial charge is 0.386 e. The Morgan fingerprint density at radius 1 is 1.02 bits per heavy atom. The summed E-state index contributed by atoms with van der Waals surface area (Å²) < 4.78 is 61.9. The number of fused-ring (bicyclic) bond motifs is 6. The molecule has 242 valence electrons. The number of nitrogens with zero attached hydrogens (tertiary/aromatic N) is 8. The number of imidazole rings is 3. The van der Waals surface area contributed by atoms with Gasteiger partial charge in [0.25, 0.3) is 5.56 Å². The zero-order valence-corrected chi connectivity index (χ0v) is 26.6. The molecule has 46 heavy (non-hydrogen) atoms. The van der Waals surface area contributed by atoms with Crippen LogP contribution in [0.25, 0.3) is 28.1 Å². The number of ether oxygens (including phenoxy) is 1. The van der Waals surface area contributed by atoms with E-state index in [4.69, 9.17) is 28.6 Å². The second-order valence-corrected chi connectivity index (χ2v) is 16.2. The van der Waals surface area contributed by atoms with Gasteiger partial charge in [0.1, 0.15) is 23.6 Å². The minimum Gasteiger partial charge on any atom is -0.382 e. The molecule has 5 aromatic rings. The van der Waals surface area contributed by atoms with Crippen LogP contribution in [0.2, 0.25) is 0 Å². The van der Waals surface area contributed by atoms with Crippen molar-refractivity contribution in [3.05, 3.63) is 54.1 Å². The molecule has 8 atom stereocenters. The van der Waals surface area contributed by atoms with Crippen molar-refractivity contribution < 1.29 is 32.0 Å². The SMILES string of the molecule is C=C[P@]1(=O)OC[C@@H]2C[C@@H](O[P@](=O)(S)OC[C@H]3C[C@@H](n4cnc5c(N)ncnc54)[C@@H]3CO1)[C@H](n1cnc3c(=O)n4ccnc4[nH]c31)O2. The van der Waals surface area contributed by atoms with Crippen LogP contribution in [0.3, 0.4) is 0 Å². The Bertz CT molecular complexity index is 2150. The van der Waals surface area contributed by atoms with Gasteiger partial charge >= 0.3 is 14.4 Å². The lowest BCUT2D eigenvalue weighted by atomic mass is 9.70. The molecule has 0 radical (unpaired) electrons. The summed E-state index contributed by atoms with van der Waals surface area (Å²) >= 11 is 4.30. The molecule has 2 aliphatic heterocycles. The van der Waals surface area contributed by atoms with Crippen LogP contribution in [0.4, 0.5) is 5.82 Å². The number of thiol groups is 1. The van der Waals surface area contributed by atoms with Crippen molar-refractivity contribution in [2.45, 2.75) is 37.3 Å². The maximum atomic E-state index is 13.7. The van der Waals surface area contributed by atoms with Gasteiger partial charge in [-0.3, -0.25) is 18.5 Å². The second-order valence-electron chi connectivity index (χ2n) is 11.3. The van der Waals surface area contributed by atoms with Crippen LogP contribution in [0.5, 0.6) is 0 Å². The highest BCUT2D eigenvalue weighted by Gasteiger charge is 2.47. The first kappa shape index (κ1) is 30.0. The molecule has 21 heteroatoms. The molecule has 0 unspecified atom stereocenters. The van der Waals surface area contributed by atoms with E-state index in [0.29, 0.717) is 29.0 Å². The Hall–Kier alpha value is -3.41. The summed E-state index contributed by atoms with van der Waals surface area (Å²) in [5, 5.41) is 0. The van der Waals surface area contributed by atoms with Crippen LogP contribution >= 0.6 is 26.6 Å². The van der Waals surface area contributed by atoms with Gasteiger partial charge in [0.15, 0.2) is 23.2 Å². The Morgan fingerprint density at radius 2 is 1.83 bits per heavy atom. The van der Waals surface area contributed by atoms with Crippen LogP contribution in [-0.4, -0.2) is 75.5 Å². The van der Waals surface area contributed by atoms with Crippen molar-refractivity contribution in [2.75, 3.05) is 25.6 Å². The molecule has 3 aliphatic rings. The Balaban J connectivity index is 1.09. The molecule has 1 aliphatic carbocycles. The summed E-state index contributed by atoms with van der Waals surface area (Å²) in [5.41, 5.74) is 7.07. The maximum Gasteiger partial charge on any atom is 0.386 e. The number of nitrogens with one attached hydrogen (secondary N) is 1. The van der Waals surface area contributed by atoms with Gasteiger partial charge in [-0.25, -0.2) is 33.9 Å². The van der Waals surface area contributed by atoms with E-state index in [1.54, 1.807) is 10.9 Å². The highest BCUT2D eigenvalue weighted by molar-refractivity contribution is 8.44. The van der Waals surface area contributed by atoms with Crippen molar-refractivity contribution in [2.24, 2.45) is 11.8 Å². The van der Waals surface area contributed by atoms with Gasteiger partial charge in [0, 0.05) is 36.6 Å². The Labute approximate surface area is 264 Å². The number of hydrogen-bond acceptors (Lipinski definition) is 14. The molecule has 2 saturated heterocycles. The monoisotopic (exact) mass is 690 g/mol. The first-order chi connectivity index (χ1) is 22.1. The average molecular weight is 691 g/mol. The molecule has 7 heterocycles. The minimum atomic E-state index is -3.95. The smallest absolute Gasteiger partial charge is 0.382 e. The van der Waals surface area contributed by atoms with E-state index in [1.807, 2.05) is 4.57 Å². The molecule has 5 aromatic heterocycles. The minimum absolute atomic E-state index is 0.00731. The number of aromatic amines is 1. The van der Waals surface area contributed by atoms with Gasteiger partial charge in [-0.1, -0.05) is 18.8 Å². The van der Waals surface area contributed by atoms with E-state index in [2.05, 4.69) is 48.7 Å². The highest BCUT2D eigenvalue weighted by Crippen LogP contribution is 2.60. The molecule has 0 aromatic carbocycles. The van der Waals surface area contributed by atoms with E-state index in [0.717, 1.165) is 5.82 Å². The van der Waals surface area contributed by atoms with Gasteiger partial charge in [-0.2, -0.15) is 0 Å². The van der Waals surface area contributed by atoms with E-state index in [1.165, 1.54) is 29.4 Å². The normalized spacial score (nSPS) is 33.9. The quantitative estimate of drug-likeness (QED) is 0.183. The molecule has 1 saturated carbocycles. The number of anilines is 1. The molecular weight excluding hydrogens is 662 g/mol. The van der Waals surface area contributed by atoms with E-state index in [-0.39, 0.29) is 61.0 Å². The summed E-state index contributed by atoms with van der Waals surface area (Å²) in [6.07, 6.45) is 5.65. The number of aromatic nitrogens is 9. The Kier molecular flexibility index (Phi) is 7.22. The summed E-state index contributed by atoms with van der Waals surface area (Å²) in [6, 6.07) is -0.179. The van der Waals surface area contributed by atoms with Crippen LogP contribution in [0, 0.1) is 11.8 Å². The standard InChI is InChI=1S/C25H28N10O8P2S/c1-2-44(37)39-8-14-6-17(24(42-14)35-12-31-19-22(35)32-25-27-3-4-33(25)23(19)36)43-45(38,46)41-7-13-5-16(15(13)9-40-44)34-11-30-18-20(26)28-10-29-21(18)34/h2-4,10-17,24H,1,5-9H2,(H,27,32)(H,38,46)(H2,26,28,29)/t13-,14+,15-,16-,17-,24-,44+,45-/m1/s1. The predicted molar refractivity (Wildman–Crippen MR) is 165 cm³/mol. The fraction of sp³-hybridized carbons (Fsp3) is 0.440. The first-order valence-electron chi connectivity index (χ1n) is 14.3. The number of hydrogen-bond donors (Lipinski definition) is 3. The number of nitrogens with two attached hydrogens (primary N) is 1.